The van der Waals surface area contributed by atoms with E-state index >= 15 is 0 Å². The molecule has 0 bridgehead atoms. The van der Waals surface area contributed by atoms with Crippen LogP contribution in [0.3, 0.4) is 0 Å². The third kappa shape index (κ3) is 3.93. The molecule has 0 atom stereocenters. The van der Waals surface area contributed by atoms with Crippen LogP contribution < -0.4 is 5.32 Å². The van der Waals surface area contributed by atoms with Crippen LogP contribution >= 0.6 is 11.6 Å². The first-order valence-corrected chi connectivity index (χ1v) is 10.9. The molecular formula is C23H23ClN6O. The number of halogens is 1. The number of anilines is 1. The summed E-state index contributed by atoms with van der Waals surface area (Å²) >= 11 is 5.98. The van der Waals surface area contributed by atoms with Crippen LogP contribution in [0.15, 0.2) is 42.6 Å². The molecule has 5 rings (SSSR count). The number of carbonyl (C=O) groups excluding carboxylic acids is 1. The Hall–Kier alpha value is -3.19. The molecule has 0 fully saturated rings. The fraction of sp³-hybridized carbons (Fsp3) is 0.304. The number of nitrogens with one attached hydrogen (secondary N) is 1. The van der Waals surface area contributed by atoms with Gasteiger partial charge in [0.15, 0.2) is 5.65 Å². The highest BCUT2D eigenvalue weighted by atomic mass is 35.5. The van der Waals surface area contributed by atoms with Crippen molar-refractivity contribution in [1.82, 2.24) is 24.3 Å². The first kappa shape index (κ1) is 19.8. The molecule has 4 heterocycles. The smallest absolute Gasteiger partial charge is 0.259 e. The van der Waals surface area contributed by atoms with Gasteiger partial charge in [0.2, 0.25) is 0 Å². The fourth-order valence-electron chi connectivity index (χ4n) is 4.10. The van der Waals surface area contributed by atoms with E-state index in [1.54, 1.807) is 16.9 Å². The predicted octanol–water partition coefficient (Wildman–Crippen LogP) is 4.62. The number of fused-ring (bicyclic) bond motifs is 3. The predicted molar refractivity (Wildman–Crippen MR) is 121 cm³/mol. The van der Waals surface area contributed by atoms with Crippen molar-refractivity contribution in [1.29, 1.82) is 0 Å². The molecule has 0 saturated heterocycles. The van der Waals surface area contributed by atoms with E-state index in [0.717, 1.165) is 48.5 Å². The number of benzene rings is 1. The van der Waals surface area contributed by atoms with Crippen molar-refractivity contribution >= 4 is 34.5 Å². The van der Waals surface area contributed by atoms with E-state index in [9.17, 15) is 4.79 Å². The minimum atomic E-state index is -0.207. The number of nitrogens with zero attached hydrogens (tertiary/aromatic N) is 5. The number of hydrogen-bond donors (Lipinski definition) is 1. The number of hydrogen-bond acceptors (Lipinski definition) is 4. The number of pyridine rings is 1. The molecule has 0 radical (unpaired) electrons. The maximum Gasteiger partial charge on any atom is 0.259 e. The second kappa shape index (κ2) is 8.15. The van der Waals surface area contributed by atoms with Gasteiger partial charge in [-0.1, -0.05) is 30.2 Å². The van der Waals surface area contributed by atoms with Gasteiger partial charge in [0.05, 0.1) is 18.3 Å². The van der Waals surface area contributed by atoms with E-state index in [-0.39, 0.29) is 5.91 Å². The summed E-state index contributed by atoms with van der Waals surface area (Å²) in [6.07, 6.45) is 6.02. The van der Waals surface area contributed by atoms with Crippen LogP contribution in [0.5, 0.6) is 0 Å². The van der Waals surface area contributed by atoms with Crippen LogP contribution in [0, 0.1) is 6.92 Å². The third-order valence-corrected chi connectivity index (χ3v) is 5.89. The molecule has 1 aliphatic rings. The molecule has 0 aliphatic carbocycles. The standard InChI is InChI=1S/C23H23ClN6O/c1-15-13-18(21-22(26-15)29-12-4-2-3-5-19(29)27-21)23(31)28-20-10-11-25-30(20)14-16-6-8-17(24)9-7-16/h6-11,13H,2-5,12,14H2,1H3,(H,28,31). The fourth-order valence-corrected chi connectivity index (χ4v) is 4.23. The summed E-state index contributed by atoms with van der Waals surface area (Å²) in [5.74, 6) is 1.44. The summed E-state index contributed by atoms with van der Waals surface area (Å²) in [5.41, 5.74) is 3.87. The highest BCUT2D eigenvalue weighted by molar-refractivity contribution is 6.30. The van der Waals surface area contributed by atoms with Gasteiger partial charge in [-0.2, -0.15) is 5.10 Å². The summed E-state index contributed by atoms with van der Waals surface area (Å²) in [5, 5.41) is 8.06. The van der Waals surface area contributed by atoms with E-state index < -0.39 is 0 Å². The van der Waals surface area contributed by atoms with E-state index in [1.165, 1.54) is 6.42 Å². The summed E-state index contributed by atoms with van der Waals surface area (Å²) < 4.78 is 3.94. The summed E-state index contributed by atoms with van der Waals surface area (Å²) in [6, 6.07) is 11.2. The largest absolute Gasteiger partial charge is 0.313 e. The Kier molecular flexibility index (Phi) is 5.19. The lowest BCUT2D eigenvalue weighted by molar-refractivity contribution is 0.102. The van der Waals surface area contributed by atoms with E-state index in [1.807, 2.05) is 37.3 Å². The summed E-state index contributed by atoms with van der Waals surface area (Å²) in [6.45, 7) is 3.35. The Morgan fingerprint density at radius 2 is 1.97 bits per heavy atom. The second-order valence-electron chi connectivity index (χ2n) is 7.93. The Bertz CT molecular complexity index is 1260. The van der Waals surface area contributed by atoms with Crippen LogP contribution in [0.1, 0.15) is 46.7 Å². The third-order valence-electron chi connectivity index (χ3n) is 5.64. The van der Waals surface area contributed by atoms with Crippen molar-refractivity contribution in [2.24, 2.45) is 0 Å². The molecule has 3 aromatic heterocycles. The lowest BCUT2D eigenvalue weighted by Crippen LogP contribution is -2.17. The Morgan fingerprint density at radius 3 is 2.81 bits per heavy atom. The topological polar surface area (TPSA) is 77.6 Å². The molecule has 1 N–H and O–H groups in total. The van der Waals surface area contributed by atoms with Crippen molar-refractivity contribution in [2.75, 3.05) is 5.32 Å². The van der Waals surface area contributed by atoms with Gasteiger partial charge < -0.3 is 9.88 Å². The molecular weight excluding hydrogens is 412 g/mol. The van der Waals surface area contributed by atoms with Crippen LogP contribution in [-0.2, 0) is 19.5 Å². The average Bonchev–Trinajstić information content (AvgIpc) is 3.24. The van der Waals surface area contributed by atoms with E-state index in [0.29, 0.717) is 28.5 Å². The molecule has 7 nitrogen and oxygen atoms in total. The maximum atomic E-state index is 13.3. The number of aromatic nitrogens is 5. The lowest BCUT2D eigenvalue weighted by atomic mass is 10.2. The zero-order valence-corrected chi connectivity index (χ0v) is 18.1. The maximum absolute atomic E-state index is 13.3. The minimum Gasteiger partial charge on any atom is -0.313 e. The van der Waals surface area contributed by atoms with Crippen LogP contribution in [0.4, 0.5) is 5.82 Å². The number of amides is 1. The molecule has 0 unspecified atom stereocenters. The van der Waals surface area contributed by atoms with Crippen molar-refractivity contribution in [3.8, 4) is 0 Å². The monoisotopic (exact) mass is 434 g/mol. The molecule has 158 valence electrons. The second-order valence-corrected chi connectivity index (χ2v) is 8.36. The molecule has 1 aliphatic heterocycles. The number of imidazole rings is 1. The SMILES string of the molecule is Cc1cc(C(=O)Nc2ccnn2Cc2ccc(Cl)cc2)c2nc3n(c2n1)CCCCC3. The van der Waals surface area contributed by atoms with Gasteiger partial charge in [-0.05, 0) is 43.5 Å². The first-order valence-electron chi connectivity index (χ1n) is 10.5. The zero-order valence-electron chi connectivity index (χ0n) is 17.3. The minimum absolute atomic E-state index is 0.207. The number of rotatable bonds is 4. The zero-order chi connectivity index (χ0) is 21.4. The lowest BCUT2D eigenvalue weighted by Gasteiger charge is -2.10. The van der Waals surface area contributed by atoms with Crippen molar-refractivity contribution in [3.05, 3.63) is 70.3 Å². The highest BCUT2D eigenvalue weighted by Crippen LogP contribution is 2.25. The Labute approximate surface area is 185 Å². The van der Waals surface area contributed by atoms with Gasteiger partial charge in [0, 0.05) is 29.7 Å². The number of aryl methyl sites for hydroxylation is 3. The quantitative estimate of drug-likeness (QED) is 0.508. The highest BCUT2D eigenvalue weighted by Gasteiger charge is 2.21. The van der Waals surface area contributed by atoms with Crippen molar-refractivity contribution in [3.63, 3.8) is 0 Å². The van der Waals surface area contributed by atoms with Crippen LogP contribution in [-0.4, -0.2) is 30.2 Å². The van der Waals surface area contributed by atoms with E-state index in [4.69, 9.17) is 21.6 Å². The summed E-state index contributed by atoms with van der Waals surface area (Å²) in [4.78, 5) is 22.8. The van der Waals surface area contributed by atoms with Gasteiger partial charge >= 0.3 is 0 Å². The van der Waals surface area contributed by atoms with Gasteiger partial charge in [-0.25, -0.2) is 14.6 Å². The molecule has 0 saturated carbocycles. The number of carbonyl (C=O) groups is 1. The molecule has 1 amide bonds. The molecule has 0 spiro atoms. The van der Waals surface area contributed by atoms with Gasteiger partial charge in [0.1, 0.15) is 17.2 Å². The Balaban J connectivity index is 1.45. The average molecular weight is 435 g/mol. The summed E-state index contributed by atoms with van der Waals surface area (Å²) in [7, 11) is 0. The molecule has 4 aromatic rings. The molecule has 31 heavy (non-hydrogen) atoms. The van der Waals surface area contributed by atoms with Gasteiger partial charge in [-0.3, -0.25) is 4.79 Å². The Morgan fingerprint density at radius 1 is 1.13 bits per heavy atom. The van der Waals surface area contributed by atoms with Gasteiger partial charge in [-0.15, -0.1) is 0 Å². The molecule has 1 aromatic carbocycles. The van der Waals surface area contributed by atoms with Crippen LogP contribution in [0.2, 0.25) is 5.02 Å². The normalized spacial score (nSPS) is 13.7. The molecule has 8 heteroatoms. The van der Waals surface area contributed by atoms with Crippen molar-refractivity contribution < 1.29 is 4.79 Å². The van der Waals surface area contributed by atoms with Gasteiger partial charge in [0.25, 0.3) is 5.91 Å². The van der Waals surface area contributed by atoms with Crippen LogP contribution in [0.25, 0.3) is 11.2 Å². The van der Waals surface area contributed by atoms with E-state index in [2.05, 4.69) is 15.0 Å². The van der Waals surface area contributed by atoms with Crippen molar-refractivity contribution in [2.45, 2.75) is 45.7 Å². The first-order chi connectivity index (χ1) is 15.1.